The van der Waals surface area contributed by atoms with E-state index in [0.717, 1.165) is 96.6 Å². The second-order valence-electron chi connectivity index (χ2n) is 14.9. The number of fused-ring (bicyclic) bond motifs is 1. The third-order valence-electron chi connectivity index (χ3n) is 11.4. The molecule has 2 saturated heterocycles. The van der Waals surface area contributed by atoms with E-state index >= 15 is 0 Å². The maximum Gasteiger partial charge on any atom is 0.251 e. The van der Waals surface area contributed by atoms with Gasteiger partial charge in [0.25, 0.3) is 5.91 Å². The molecule has 1 saturated carbocycles. The lowest BCUT2D eigenvalue weighted by atomic mass is 9.81. The Labute approximate surface area is 317 Å². The number of benzene rings is 3. The molecule has 3 amide bonds. The number of hydrogen-bond acceptors (Lipinski definition) is 6. The average molecular weight is 730 g/mol. The lowest BCUT2D eigenvalue weighted by Gasteiger charge is -2.31. The molecule has 4 aromatic rings. The summed E-state index contributed by atoms with van der Waals surface area (Å²) in [5.74, 6) is 1.12. The van der Waals surface area contributed by atoms with Crippen LogP contribution in [0, 0.1) is 0 Å². The maximum atomic E-state index is 13.5. The molecule has 0 atom stereocenters. The molecule has 10 heteroatoms. The van der Waals surface area contributed by atoms with Crippen LogP contribution in [0.25, 0.3) is 22.2 Å². The van der Waals surface area contributed by atoms with Gasteiger partial charge in [0.05, 0.1) is 24.4 Å². The molecule has 4 aliphatic rings. The van der Waals surface area contributed by atoms with Gasteiger partial charge in [0.15, 0.2) is 0 Å². The van der Waals surface area contributed by atoms with Crippen LogP contribution >= 0.6 is 0 Å². The van der Waals surface area contributed by atoms with Crippen LogP contribution in [0.4, 0.5) is 11.4 Å². The number of aromatic nitrogens is 1. The molecule has 3 aromatic carbocycles. The van der Waals surface area contributed by atoms with Gasteiger partial charge in [-0.3, -0.25) is 14.4 Å². The van der Waals surface area contributed by atoms with Gasteiger partial charge >= 0.3 is 0 Å². The quantitative estimate of drug-likeness (QED) is 0.197. The van der Waals surface area contributed by atoms with Crippen molar-refractivity contribution in [2.24, 2.45) is 0 Å². The summed E-state index contributed by atoms with van der Waals surface area (Å²) in [5.41, 5.74) is 7.89. The summed E-state index contributed by atoms with van der Waals surface area (Å²) in [4.78, 5) is 43.7. The number of amides is 3. The first-order valence-corrected chi connectivity index (χ1v) is 19.9. The normalized spacial score (nSPS) is 19.7. The first kappa shape index (κ1) is 35.9. The van der Waals surface area contributed by atoms with E-state index in [1.165, 1.54) is 24.8 Å². The maximum absolute atomic E-state index is 13.5. The van der Waals surface area contributed by atoms with E-state index in [4.69, 9.17) is 9.47 Å². The van der Waals surface area contributed by atoms with Crippen molar-refractivity contribution in [2.45, 2.75) is 76.9 Å². The highest BCUT2D eigenvalue weighted by Gasteiger charge is 2.28. The highest BCUT2D eigenvalue weighted by molar-refractivity contribution is 6.01. The summed E-state index contributed by atoms with van der Waals surface area (Å²) in [6.45, 7) is 5.36. The summed E-state index contributed by atoms with van der Waals surface area (Å²) < 4.78 is 14.3. The van der Waals surface area contributed by atoms with Crippen LogP contribution in [0.3, 0.4) is 0 Å². The van der Waals surface area contributed by atoms with Crippen LogP contribution in [0.15, 0.2) is 72.8 Å². The molecular formula is C44H51N5O5. The van der Waals surface area contributed by atoms with Crippen molar-refractivity contribution in [3.05, 3.63) is 89.5 Å². The largest absolute Gasteiger partial charge is 0.489 e. The first-order chi connectivity index (χ1) is 26.5. The molecular weight excluding hydrogens is 679 g/mol. The number of rotatable bonds is 7. The Balaban J connectivity index is 1.14. The first-order valence-electron chi connectivity index (χ1n) is 19.9. The number of ether oxygens (including phenoxy) is 2. The van der Waals surface area contributed by atoms with Gasteiger partial charge in [-0.15, -0.1) is 0 Å². The number of hydrogen-bond donors (Lipinski definition) is 2. The van der Waals surface area contributed by atoms with Gasteiger partial charge in [-0.25, -0.2) is 0 Å². The Hall–Kier alpha value is -5.09. The van der Waals surface area contributed by atoms with Crippen LogP contribution < -0.4 is 25.2 Å². The Morgan fingerprint density at radius 3 is 2.30 bits per heavy atom. The predicted octanol–water partition coefficient (Wildman–Crippen LogP) is 7.09. The van der Waals surface area contributed by atoms with Crippen LogP contribution in [0.1, 0.15) is 85.2 Å². The Bertz CT molecular complexity index is 2020. The fourth-order valence-corrected chi connectivity index (χ4v) is 8.66. The van der Waals surface area contributed by atoms with Crippen molar-refractivity contribution >= 4 is 40.0 Å². The highest BCUT2D eigenvalue weighted by atomic mass is 16.5. The molecule has 8 rings (SSSR count). The molecule has 1 aliphatic carbocycles. The van der Waals surface area contributed by atoms with Gasteiger partial charge in [0.1, 0.15) is 18.9 Å². The van der Waals surface area contributed by atoms with E-state index in [-0.39, 0.29) is 24.3 Å². The molecule has 282 valence electrons. The number of carbonyl (C=O) groups is 3. The van der Waals surface area contributed by atoms with Crippen LogP contribution in [0.2, 0.25) is 0 Å². The van der Waals surface area contributed by atoms with E-state index in [0.29, 0.717) is 50.8 Å². The monoisotopic (exact) mass is 729 g/mol. The van der Waals surface area contributed by atoms with Gasteiger partial charge in [-0.1, -0.05) is 37.5 Å². The minimum Gasteiger partial charge on any atom is -0.489 e. The lowest BCUT2D eigenvalue weighted by molar-refractivity contribution is -0.121. The molecule has 2 bridgehead atoms. The van der Waals surface area contributed by atoms with Crippen molar-refractivity contribution < 1.29 is 23.9 Å². The minimum absolute atomic E-state index is 0.0460. The summed E-state index contributed by atoms with van der Waals surface area (Å²) in [7, 11) is 0. The smallest absolute Gasteiger partial charge is 0.251 e. The van der Waals surface area contributed by atoms with Gasteiger partial charge in [0, 0.05) is 67.0 Å². The summed E-state index contributed by atoms with van der Waals surface area (Å²) in [5, 5.41) is 7.31. The number of morpholine rings is 1. The zero-order chi connectivity index (χ0) is 36.9. The van der Waals surface area contributed by atoms with E-state index in [2.05, 4.69) is 68.7 Å². The van der Waals surface area contributed by atoms with Crippen molar-refractivity contribution in [2.75, 3.05) is 55.7 Å². The zero-order valence-electron chi connectivity index (χ0n) is 31.1. The van der Waals surface area contributed by atoms with Crippen molar-refractivity contribution in [3.63, 3.8) is 0 Å². The van der Waals surface area contributed by atoms with Gasteiger partial charge in [-0.05, 0) is 104 Å². The van der Waals surface area contributed by atoms with Crippen molar-refractivity contribution in [3.8, 4) is 17.0 Å². The molecule has 1 aromatic heterocycles. The second-order valence-corrected chi connectivity index (χ2v) is 14.9. The number of nitrogens with zero attached hydrogens (tertiary/aromatic N) is 3. The Morgan fingerprint density at radius 2 is 1.54 bits per heavy atom. The lowest BCUT2D eigenvalue weighted by Crippen LogP contribution is -2.37. The van der Waals surface area contributed by atoms with Crippen LogP contribution in [-0.2, 0) is 27.5 Å². The van der Waals surface area contributed by atoms with Crippen molar-refractivity contribution in [1.82, 2.24) is 15.2 Å². The van der Waals surface area contributed by atoms with Gasteiger partial charge in [0.2, 0.25) is 11.8 Å². The van der Waals surface area contributed by atoms with Crippen molar-refractivity contribution in [1.29, 1.82) is 0 Å². The highest BCUT2D eigenvalue weighted by Crippen LogP contribution is 2.44. The van der Waals surface area contributed by atoms with Crippen LogP contribution in [0.5, 0.6) is 5.75 Å². The fourth-order valence-electron chi connectivity index (χ4n) is 8.66. The molecule has 0 radical (unpaired) electrons. The predicted molar refractivity (Wildman–Crippen MR) is 212 cm³/mol. The van der Waals surface area contributed by atoms with E-state index in [1.807, 2.05) is 29.2 Å². The third kappa shape index (κ3) is 7.76. The number of anilines is 2. The molecule has 3 fully saturated rings. The Morgan fingerprint density at radius 1 is 0.778 bits per heavy atom. The van der Waals surface area contributed by atoms with Gasteiger partial charge < -0.3 is 34.5 Å². The molecule has 4 heterocycles. The molecule has 2 N–H and O–H groups in total. The number of nitrogens with one attached hydrogen (secondary N) is 2. The summed E-state index contributed by atoms with van der Waals surface area (Å²) in [6.07, 6.45) is 12.9. The average Bonchev–Trinajstić information content (AvgIpc) is 3.78. The summed E-state index contributed by atoms with van der Waals surface area (Å²) in [6, 6.07) is 20.5. The topological polar surface area (TPSA) is 105 Å². The molecule has 54 heavy (non-hydrogen) atoms. The fraction of sp³-hybridized carbons (Fsp3) is 0.432. The molecule has 0 spiro atoms. The minimum atomic E-state index is -0.103. The second kappa shape index (κ2) is 16.5. The van der Waals surface area contributed by atoms with E-state index < -0.39 is 0 Å². The molecule has 0 unspecified atom stereocenters. The van der Waals surface area contributed by atoms with Gasteiger partial charge in [-0.2, -0.15) is 0 Å². The molecule has 10 nitrogen and oxygen atoms in total. The third-order valence-corrected chi connectivity index (χ3v) is 11.4. The SMILES string of the molecule is O=C1Cn2c(-c3ccc(OCc4cc(N5CCCC5=O)ccc4N4CCOCC4)cc3)c(C3CCCCC3)c3ccc(cc32)C(=O)NCC/C=C\CCN1. The summed E-state index contributed by atoms with van der Waals surface area (Å²) >= 11 is 0. The standard InChI is InChI=1S/C44H51N5O5/c50-40-29-49-39-28-33(44(52)46-21-7-2-1-6-20-45-40)14-18-37(39)42(31-9-4-3-5-10-31)43(49)32-12-16-36(17-13-32)54-30-34-27-35(48-22-8-11-41(48)51)15-19-38(34)47-23-25-53-26-24-47/h1-2,12-19,27-28,31H,3-11,20-26,29-30H2,(H,45,50)(H,46,52)/b2-1-. The van der Waals surface area contributed by atoms with Crippen LogP contribution in [-0.4, -0.2) is 68.2 Å². The van der Waals surface area contributed by atoms with E-state index in [9.17, 15) is 14.4 Å². The number of carbonyl (C=O) groups excluding carboxylic acids is 3. The van der Waals surface area contributed by atoms with E-state index in [1.54, 1.807) is 0 Å². The Kier molecular flexibility index (Phi) is 11.0. The zero-order valence-corrected chi connectivity index (χ0v) is 31.1. The molecule has 3 aliphatic heterocycles.